The molecule has 4 aliphatic rings. The van der Waals surface area contributed by atoms with Crippen LogP contribution < -0.4 is 0 Å². The van der Waals surface area contributed by atoms with Crippen LogP contribution in [-0.4, -0.2) is 41.4 Å². The number of hydrogen-bond acceptors (Lipinski definition) is 4. The van der Waals surface area contributed by atoms with E-state index in [-0.39, 0.29) is 11.8 Å². The van der Waals surface area contributed by atoms with E-state index in [2.05, 4.69) is 11.3 Å². The summed E-state index contributed by atoms with van der Waals surface area (Å²) < 4.78 is 85.6. The van der Waals surface area contributed by atoms with Gasteiger partial charge >= 0.3 is 24.1 Å². The van der Waals surface area contributed by atoms with Gasteiger partial charge in [-0.25, -0.2) is 4.79 Å². The molecule has 0 unspecified atom stereocenters. The van der Waals surface area contributed by atoms with Crippen LogP contribution in [0.15, 0.2) is 12.2 Å². The van der Waals surface area contributed by atoms with Crippen LogP contribution in [0.5, 0.6) is 0 Å². The molecule has 0 aromatic rings. The zero-order valence-electron chi connectivity index (χ0n) is 15.9. The van der Waals surface area contributed by atoms with Crippen molar-refractivity contribution >= 4 is 5.97 Å². The van der Waals surface area contributed by atoms with E-state index in [0.29, 0.717) is 18.3 Å². The van der Waals surface area contributed by atoms with Crippen LogP contribution in [0.4, 0.5) is 26.3 Å². The van der Waals surface area contributed by atoms with Crippen molar-refractivity contribution in [1.82, 2.24) is 0 Å². The molecular formula is C19H24F6O4. The van der Waals surface area contributed by atoms with Crippen molar-refractivity contribution in [2.45, 2.75) is 69.2 Å². The van der Waals surface area contributed by atoms with E-state index >= 15 is 0 Å². The van der Waals surface area contributed by atoms with Gasteiger partial charge in [-0.05, 0) is 62.2 Å². The van der Waals surface area contributed by atoms with Crippen molar-refractivity contribution in [2.24, 2.45) is 23.7 Å². The van der Waals surface area contributed by atoms with E-state index in [4.69, 9.17) is 9.84 Å². The number of alkyl halides is 6. The lowest BCUT2D eigenvalue weighted by atomic mass is 9.49. The molecule has 0 heterocycles. The van der Waals surface area contributed by atoms with Crippen LogP contribution in [0.3, 0.4) is 0 Å². The maximum absolute atomic E-state index is 12.7. The molecule has 0 spiro atoms. The predicted molar refractivity (Wildman–Crippen MR) is 88.3 cm³/mol. The first kappa shape index (κ1) is 22.4. The molecule has 10 heteroatoms. The van der Waals surface area contributed by atoms with Crippen molar-refractivity contribution in [1.29, 1.82) is 0 Å². The summed E-state index contributed by atoms with van der Waals surface area (Å²) in [6.45, 7) is 3.62. The number of halogens is 6. The average molecular weight is 430 g/mol. The van der Waals surface area contributed by atoms with Crippen LogP contribution in [0.1, 0.15) is 45.4 Å². The first-order chi connectivity index (χ1) is 13.2. The van der Waals surface area contributed by atoms with Crippen LogP contribution in [0.25, 0.3) is 0 Å². The third kappa shape index (κ3) is 3.66. The molecule has 4 saturated carbocycles. The molecule has 0 atom stereocenters. The molecule has 0 aliphatic heterocycles. The lowest BCUT2D eigenvalue weighted by Gasteiger charge is -2.60. The maximum atomic E-state index is 12.7. The van der Waals surface area contributed by atoms with Crippen molar-refractivity contribution in [3.05, 3.63) is 12.2 Å². The lowest BCUT2D eigenvalue weighted by molar-refractivity contribution is -0.455. The van der Waals surface area contributed by atoms with Gasteiger partial charge in [0.25, 0.3) is 0 Å². The van der Waals surface area contributed by atoms with E-state index in [9.17, 15) is 31.1 Å². The first-order valence-electron chi connectivity index (χ1n) is 9.64. The molecule has 4 bridgehead atoms. The van der Waals surface area contributed by atoms with Gasteiger partial charge in [-0.15, -0.1) is 0 Å². The van der Waals surface area contributed by atoms with Gasteiger partial charge in [0.2, 0.25) is 0 Å². The smallest absolute Gasteiger partial charge is 0.453 e. The lowest BCUT2D eigenvalue weighted by Crippen LogP contribution is -2.60. The molecule has 4 fully saturated rings. The van der Waals surface area contributed by atoms with Crippen molar-refractivity contribution in [2.75, 3.05) is 6.61 Å². The number of ether oxygens (including phenoxy) is 2. The van der Waals surface area contributed by atoms with Crippen LogP contribution in [0.2, 0.25) is 0 Å². The summed E-state index contributed by atoms with van der Waals surface area (Å²) in [5.41, 5.74) is -1.49. The average Bonchev–Trinajstić information content (AvgIpc) is 2.59. The summed E-state index contributed by atoms with van der Waals surface area (Å²) in [5.74, 6) is -5.07. The summed E-state index contributed by atoms with van der Waals surface area (Å²) in [7, 11) is 0. The summed E-state index contributed by atoms with van der Waals surface area (Å²) in [6.07, 6.45) is -7.00. The molecule has 4 nitrogen and oxygen atoms in total. The Morgan fingerprint density at radius 3 is 1.83 bits per heavy atom. The quantitative estimate of drug-likeness (QED) is 0.291. The maximum Gasteiger partial charge on any atom is 0.453 e. The number of carbonyl (C=O) groups is 1. The second-order valence-electron chi connectivity index (χ2n) is 8.53. The van der Waals surface area contributed by atoms with Crippen molar-refractivity contribution in [3.63, 3.8) is 0 Å². The van der Waals surface area contributed by atoms with Gasteiger partial charge in [-0.1, -0.05) is 13.5 Å². The molecule has 0 aromatic heterocycles. The SMILES string of the molecule is C=C(COC(O)(C(F)(F)F)C(F)(F)F)C(=O)OC1(CC)C2CC3CC(C2)CC1C3. The summed E-state index contributed by atoms with van der Waals surface area (Å²) >= 11 is 0. The zero-order valence-corrected chi connectivity index (χ0v) is 15.9. The summed E-state index contributed by atoms with van der Waals surface area (Å²) in [6, 6.07) is 0. The van der Waals surface area contributed by atoms with Gasteiger partial charge in [-0.3, -0.25) is 0 Å². The van der Waals surface area contributed by atoms with Gasteiger partial charge in [0.05, 0.1) is 12.2 Å². The third-order valence-electron chi connectivity index (χ3n) is 6.87. The van der Waals surface area contributed by atoms with Crippen LogP contribution in [-0.2, 0) is 14.3 Å². The Bertz CT molecular complexity index is 627. The van der Waals surface area contributed by atoms with Gasteiger partial charge in [0.15, 0.2) is 0 Å². The number of rotatable bonds is 6. The highest BCUT2D eigenvalue weighted by Gasteiger charge is 2.72. The number of esters is 1. The second kappa shape index (κ2) is 7.14. The van der Waals surface area contributed by atoms with Gasteiger partial charge in [0, 0.05) is 0 Å². The second-order valence-corrected chi connectivity index (χ2v) is 8.53. The summed E-state index contributed by atoms with van der Waals surface area (Å²) in [4.78, 5) is 12.5. The van der Waals surface area contributed by atoms with E-state index in [1.54, 1.807) is 0 Å². The number of carbonyl (C=O) groups excluding carboxylic acids is 1. The first-order valence-corrected chi connectivity index (χ1v) is 9.64. The minimum Gasteiger partial charge on any atom is -0.455 e. The highest BCUT2D eigenvalue weighted by atomic mass is 19.4. The van der Waals surface area contributed by atoms with Gasteiger partial charge in [0.1, 0.15) is 5.60 Å². The molecule has 0 saturated heterocycles. The third-order valence-corrected chi connectivity index (χ3v) is 6.87. The Kier molecular flexibility index (Phi) is 5.52. The molecule has 166 valence electrons. The monoisotopic (exact) mass is 430 g/mol. The molecule has 4 rings (SSSR count). The topological polar surface area (TPSA) is 55.8 Å². The van der Waals surface area contributed by atoms with Crippen molar-refractivity contribution in [3.8, 4) is 0 Å². The Morgan fingerprint density at radius 1 is 1.00 bits per heavy atom. The fraction of sp³-hybridized carbons (Fsp3) is 0.842. The van der Waals surface area contributed by atoms with Gasteiger partial charge < -0.3 is 14.6 Å². The highest BCUT2D eigenvalue weighted by Crippen LogP contribution is 2.60. The largest absolute Gasteiger partial charge is 0.455 e. The normalized spacial score (nSPS) is 34.3. The molecule has 1 N–H and O–H groups in total. The Balaban J connectivity index is 1.68. The molecule has 0 amide bonds. The molecule has 4 aliphatic carbocycles. The van der Waals surface area contributed by atoms with E-state index in [1.807, 2.05) is 6.92 Å². The molecular weight excluding hydrogens is 406 g/mol. The summed E-state index contributed by atoms with van der Waals surface area (Å²) in [5, 5.41) is 9.03. The van der Waals surface area contributed by atoms with E-state index < -0.39 is 41.9 Å². The number of hydrogen-bond donors (Lipinski definition) is 1. The number of aliphatic hydroxyl groups is 1. The molecule has 0 radical (unpaired) electrons. The Morgan fingerprint density at radius 2 is 1.45 bits per heavy atom. The standard InChI is InChI=1S/C19H24F6O4/c1-3-16(13-5-11-4-12(7-13)8-14(16)6-11)29-15(26)10(2)9-28-17(27,18(20,21)22)19(23,24)25/h11-14,27H,2-9H2,1H3. The zero-order chi connectivity index (χ0) is 21.8. The minimum atomic E-state index is -6.14. The Hall–Kier alpha value is -1.29. The molecule has 29 heavy (non-hydrogen) atoms. The fourth-order valence-electron chi connectivity index (χ4n) is 5.62. The molecule has 0 aromatic carbocycles. The van der Waals surface area contributed by atoms with Crippen LogP contribution >= 0.6 is 0 Å². The van der Waals surface area contributed by atoms with E-state index in [0.717, 1.165) is 32.1 Å². The highest BCUT2D eigenvalue weighted by molar-refractivity contribution is 5.88. The predicted octanol–water partition coefficient (Wildman–Crippen LogP) is 4.52. The minimum absolute atomic E-state index is 0.128. The van der Waals surface area contributed by atoms with Crippen molar-refractivity contribution < 1.29 is 45.7 Å². The van der Waals surface area contributed by atoms with E-state index in [1.165, 1.54) is 0 Å². The van der Waals surface area contributed by atoms with Crippen LogP contribution in [0, 0.1) is 23.7 Å². The van der Waals surface area contributed by atoms with Gasteiger partial charge in [-0.2, -0.15) is 26.3 Å². The Labute approximate surface area is 164 Å². The fourth-order valence-corrected chi connectivity index (χ4v) is 5.62.